The Morgan fingerprint density at radius 2 is 2.25 bits per heavy atom. The van der Waals surface area contributed by atoms with Crippen molar-refractivity contribution in [1.29, 1.82) is 0 Å². The number of rotatable bonds is 3. The highest BCUT2D eigenvalue weighted by Gasteiger charge is 1.96. The highest BCUT2D eigenvalue weighted by atomic mass is 32.1. The average molecular weight is 193 g/mol. The van der Waals surface area contributed by atoms with Crippen LogP contribution in [0.2, 0.25) is 0 Å². The summed E-state index contributed by atoms with van der Waals surface area (Å²) in [6.45, 7) is 0. The standard InChI is InChI=1S/C10H9S2/c1-2-10(12-6-1)4-3-9-5-7-11-8-9/h1-3,5-8H,4H2. The zero-order chi connectivity index (χ0) is 8.23. The van der Waals surface area contributed by atoms with Crippen molar-refractivity contribution in [2.75, 3.05) is 0 Å². The van der Waals surface area contributed by atoms with Crippen LogP contribution in [0.1, 0.15) is 10.4 Å². The summed E-state index contributed by atoms with van der Waals surface area (Å²) in [5.41, 5.74) is 1.34. The molecule has 0 bridgehead atoms. The molecular weight excluding hydrogens is 184 g/mol. The Labute approximate surface area is 80.5 Å². The van der Waals surface area contributed by atoms with Crippen molar-refractivity contribution >= 4 is 22.7 Å². The molecular formula is C10H9S2. The predicted octanol–water partition coefficient (Wildman–Crippen LogP) is 3.60. The SMILES string of the molecule is [CH](Cc1cccs1)c1ccsc1. The van der Waals surface area contributed by atoms with Crippen LogP contribution < -0.4 is 0 Å². The van der Waals surface area contributed by atoms with E-state index in [-0.39, 0.29) is 0 Å². The summed E-state index contributed by atoms with van der Waals surface area (Å²) in [5.74, 6) is 0. The van der Waals surface area contributed by atoms with Gasteiger partial charge in [0, 0.05) is 4.88 Å². The van der Waals surface area contributed by atoms with E-state index < -0.39 is 0 Å². The second kappa shape index (κ2) is 3.87. The van der Waals surface area contributed by atoms with E-state index in [9.17, 15) is 0 Å². The minimum absolute atomic E-state index is 1.06. The maximum atomic E-state index is 2.27. The molecule has 0 N–H and O–H groups in total. The van der Waals surface area contributed by atoms with Crippen molar-refractivity contribution < 1.29 is 0 Å². The van der Waals surface area contributed by atoms with Crippen LogP contribution in [0.5, 0.6) is 0 Å². The summed E-state index contributed by atoms with van der Waals surface area (Å²) in [6, 6.07) is 6.42. The third-order valence-corrected chi connectivity index (χ3v) is 3.26. The molecule has 0 atom stereocenters. The molecule has 0 unspecified atom stereocenters. The molecule has 2 rings (SSSR count). The second-order valence-electron chi connectivity index (χ2n) is 2.54. The molecule has 2 heteroatoms. The molecule has 2 heterocycles. The van der Waals surface area contributed by atoms with Gasteiger partial charge in [-0.15, -0.1) is 11.3 Å². The monoisotopic (exact) mass is 193 g/mol. The molecule has 0 aliphatic rings. The molecule has 61 valence electrons. The van der Waals surface area contributed by atoms with E-state index in [0.717, 1.165) is 6.42 Å². The summed E-state index contributed by atoms with van der Waals surface area (Å²) in [5, 5.41) is 6.41. The van der Waals surface area contributed by atoms with Crippen LogP contribution in [0.4, 0.5) is 0 Å². The fourth-order valence-electron chi connectivity index (χ4n) is 1.04. The first-order chi connectivity index (χ1) is 5.95. The van der Waals surface area contributed by atoms with Crippen LogP contribution in [-0.2, 0) is 6.42 Å². The zero-order valence-electron chi connectivity index (χ0n) is 6.57. The molecule has 0 aliphatic heterocycles. The van der Waals surface area contributed by atoms with Gasteiger partial charge < -0.3 is 0 Å². The summed E-state index contributed by atoms with van der Waals surface area (Å²) in [7, 11) is 0. The fourth-order valence-corrected chi connectivity index (χ4v) is 2.35. The predicted molar refractivity (Wildman–Crippen MR) is 55.7 cm³/mol. The van der Waals surface area contributed by atoms with Gasteiger partial charge in [0.2, 0.25) is 0 Å². The number of hydrogen-bond donors (Lipinski definition) is 0. The molecule has 0 fully saturated rings. The van der Waals surface area contributed by atoms with Gasteiger partial charge in [-0.1, -0.05) is 6.07 Å². The van der Waals surface area contributed by atoms with E-state index in [1.165, 1.54) is 10.4 Å². The molecule has 0 aliphatic carbocycles. The van der Waals surface area contributed by atoms with E-state index in [1.54, 1.807) is 11.3 Å². The molecule has 0 spiro atoms. The van der Waals surface area contributed by atoms with Crippen LogP contribution in [0.25, 0.3) is 0 Å². The lowest BCUT2D eigenvalue weighted by Gasteiger charge is -1.93. The van der Waals surface area contributed by atoms with Crippen LogP contribution >= 0.6 is 22.7 Å². The van der Waals surface area contributed by atoms with Crippen molar-refractivity contribution in [3.63, 3.8) is 0 Å². The Bertz CT molecular complexity index is 271. The fraction of sp³-hybridized carbons (Fsp3) is 0.100. The van der Waals surface area contributed by atoms with Gasteiger partial charge in [0.1, 0.15) is 0 Å². The van der Waals surface area contributed by atoms with Gasteiger partial charge in [-0.25, -0.2) is 0 Å². The molecule has 0 nitrogen and oxygen atoms in total. The van der Waals surface area contributed by atoms with Crippen molar-refractivity contribution in [1.82, 2.24) is 0 Å². The average Bonchev–Trinajstić information content (AvgIpc) is 2.74. The third kappa shape index (κ3) is 1.96. The lowest BCUT2D eigenvalue weighted by molar-refractivity contribution is 1.22. The zero-order valence-corrected chi connectivity index (χ0v) is 8.20. The first-order valence-electron chi connectivity index (χ1n) is 3.83. The van der Waals surface area contributed by atoms with Crippen molar-refractivity contribution in [2.45, 2.75) is 6.42 Å². The van der Waals surface area contributed by atoms with Gasteiger partial charge >= 0.3 is 0 Å². The third-order valence-electron chi connectivity index (χ3n) is 1.66. The van der Waals surface area contributed by atoms with E-state index in [4.69, 9.17) is 0 Å². The minimum atomic E-state index is 1.06. The smallest absolute Gasteiger partial charge is 0.00515 e. The van der Waals surface area contributed by atoms with Gasteiger partial charge in [-0.3, -0.25) is 0 Å². The van der Waals surface area contributed by atoms with Gasteiger partial charge in [0.05, 0.1) is 0 Å². The van der Waals surface area contributed by atoms with Crippen LogP contribution in [-0.4, -0.2) is 0 Å². The highest BCUT2D eigenvalue weighted by molar-refractivity contribution is 7.10. The summed E-state index contributed by atoms with van der Waals surface area (Å²) >= 11 is 3.57. The topological polar surface area (TPSA) is 0 Å². The Balaban J connectivity index is 1.91. The van der Waals surface area contributed by atoms with Crippen LogP contribution in [0.15, 0.2) is 34.3 Å². The van der Waals surface area contributed by atoms with Crippen molar-refractivity contribution in [3.8, 4) is 0 Å². The van der Waals surface area contributed by atoms with E-state index in [1.807, 2.05) is 11.3 Å². The molecule has 0 amide bonds. The Morgan fingerprint density at radius 3 is 2.92 bits per heavy atom. The van der Waals surface area contributed by atoms with Crippen LogP contribution in [0.3, 0.4) is 0 Å². The maximum Gasteiger partial charge on any atom is 0.00515 e. The number of thiophene rings is 2. The van der Waals surface area contributed by atoms with Gasteiger partial charge in [0.25, 0.3) is 0 Å². The quantitative estimate of drug-likeness (QED) is 0.698. The minimum Gasteiger partial charge on any atom is -0.152 e. The number of hydrogen-bond acceptors (Lipinski definition) is 2. The highest BCUT2D eigenvalue weighted by Crippen LogP contribution is 2.15. The van der Waals surface area contributed by atoms with Gasteiger partial charge in [0.15, 0.2) is 0 Å². The van der Waals surface area contributed by atoms with Crippen molar-refractivity contribution in [3.05, 3.63) is 51.2 Å². The molecule has 1 radical (unpaired) electrons. The van der Waals surface area contributed by atoms with E-state index in [2.05, 4.69) is 40.8 Å². The lowest BCUT2D eigenvalue weighted by Crippen LogP contribution is -1.81. The first-order valence-corrected chi connectivity index (χ1v) is 5.65. The summed E-state index contributed by atoms with van der Waals surface area (Å²) < 4.78 is 0. The van der Waals surface area contributed by atoms with Gasteiger partial charge in [-0.2, -0.15) is 11.3 Å². The molecule has 2 aromatic heterocycles. The maximum absolute atomic E-state index is 2.27. The lowest BCUT2D eigenvalue weighted by atomic mass is 10.2. The molecule has 0 saturated heterocycles. The summed E-state index contributed by atoms with van der Waals surface area (Å²) in [4.78, 5) is 1.43. The molecule has 2 aromatic rings. The largest absolute Gasteiger partial charge is 0.152 e. The Hall–Kier alpha value is -0.600. The van der Waals surface area contributed by atoms with Crippen LogP contribution in [0, 0.1) is 6.42 Å². The van der Waals surface area contributed by atoms with Gasteiger partial charge in [-0.05, 0) is 46.7 Å². The normalized spacial score (nSPS) is 10.3. The summed E-state index contributed by atoms with van der Waals surface area (Å²) in [6.07, 6.45) is 3.33. The molecule has 0 aromatic carbocycles. The van der Waals surface area contributed by atoms with Crippen molar-refractivity contribution in [2.24, 2.45) is 0 Å². The van der Waals surface area contributed by atoms with E-state index >= 15 is 0 Å². The second-order valence-corrected chi connectivity index (χ2v) is 4.36. The first kappa shape index (κ1) is 8.02. The molecule has 0 saturated carbocycles. The molecule has 12 heavy (non-hydrogen) atoms. The van der Waals surface area contributed by atoms with E-state index in [0.29, 0.717) is 0 Å². The Kier molecular flexibility index (Phi) is 2.59. The Morgan fingerprint density at radius 1 is 1.25 bits per heavy atom.